The van der Waals surface area contributed by atoms with Crippen molar-refractivity contribution in [2.24, 2.45) is 5.92 Å². The van der Waals surface area contributed by atoms with Crippen LogP contribution in [-0.2, 0) is 4.79 Å². The van der Waals surface area contributed by atoms with E-state index < -0.39 is 0 Å². The predicted molar refractivity (Wildman–Crippen MR) is 105 cm³/mol. The van der Waals surface area contributed by atoms with Gasteiger partial charge in [-0.25, -0.2) is 0 Å². The van der Waals surface area contributed by atoms with Gasteiger partial charge in [-0.1, -0.05) is 43.3 Å². The molecule has 3 heteroatoms. The van der Waals surface area contributed by atoms with E-state index >= 15 is 0 Å². The number of ketones is 1. The van der Waals surface area contributed by atoms with Gasteiger partial charge in [0.25, 0.3) is 0 Å². The highest BCUT2D eigenvalue weighted by Gasteiger charge is 2.25. The van der Waals surface area contributed by atoms with E-state index in [1.807, 2.05) is 60.7 Å². The van der Waals surface area contributed by atoms with Crippen molar-refractivity contribution in [1.29, 1.82) is 0 Å². The van der Waals surface area contributed by atoms with Crippen molar-refractivity contribution in [1.82, 2.24) is 0 Å². The lowest BCUT2D eigenvalue weighted by Crippen LogP contribution is -2.18. The lowest BCUT2D eigenvalue weighted by atomic mass is 9.80. The molecule has 1 aliphatic rings. The van der Waals surface area contributed by atoms with Gasteiger partial charge in [0.1, 0.15) is 11.5 Å². The van der Waals surface area contributed by atoms with Gasteiger partial charge >= 0.3 is 0 Å². The van der Waals surface area contributed by atoms with E-state index in [1.165, 1.54) is 0 Å². The van der Waals surface area contributed by atoms with Crippen molar-refractivity contribution >= 4 is 17.9 Å². The minimum Gasteiger partial charge on any atom is -0.496 e. The second-order valence-electron chi connectivity index (χ2n) is 6.67. The fourth-order valence-corrected chi connectivity index (χ4v) is 3.41. The number of benzene rings is 2. The third kappa shape index (κ3) is 3.88. The van der Waals surface area contributed by atoms with Crippen molar-refractivity contribution in [2.75, 3.05) is 14.2 Å². The molecule has 26 heavy (non-hydrogen) atoms. The molecule has 2 aromatic carbocycles. The summed E-state index contributed by atoms with van der Waals surface area (Å²) >= 11 is 0. The van der Waals surface area contributed by atoms with Gasteiger partial charge in [-0.3, -0.25) is 4.79 Å². The number of hydrogen-bond acceptors (Lipinski definition) is 3. The Kier molecular flexibility index (Phi) is 5.57. The van der Waals surface area contributed by atoms with Gasteiger partial charge in [-0.15, -0.1) is 0 Å². The smallest absolute Gasteiger partial charge is 0.185 e. The summed E-state index contributed by atoms with van der Waals surface area (Å²) in [7, 11) is 3.30. The summed E-state index contributed by atoms with van der Waals surface area (Å²) < 4.78 is 10.8. The first-order valence-corrected chi connectivity index (χ1v) is 8.84. The first kappa shape index (κ1) is 18.0. The molecule has 0 aliphatic heterocycles. The molecule has 134 valence electrons. The highest BCUT2D eigenvalue weighted by Crippen LogP contribution is 2.34. The van der Waals surface area contributed by atoms with Crippen molar-refractivity contribution in [3.05, 3.63) is 70.8 Å². The highest BCUT2D eigenvalue weighted by molar-refractivity contribution is 6.14. The molecule has 0 amide bonds. The largest absolute Gasteiger partial charge is 0.496 e. The predicted octanol–water partition coefficient (Wildman–Crippen LogP) is 5.17. The summed E-state index contributed by atoms with van der Waals surface area (Å²) in [6, 6.07) is 15.5. The molecule has 0 N–H and O–H groups in total. The van der Waals surface area contributed by atoms with Crippen LogP contribution >= 0.6 is 0 Å². The fraction of sp³-hybridized carbons (Fsp3) is 0.261. The molecule has 1 fully saturated rings. The first-order valence-electron chi connectivity index (χ1n) is 8.84. The maximum Gasteiger partial charge on any atom is 0.185 e. The van der Waals surface area contributed by atoms with E-state index in [1.54, 1.807) is 14.2 Å². The van der Waals surface area contributed by atoms with Crippen LogP contribution < -0.4 is 9.47 Å². The van der Waals surface area contributed by atoms with E-state index in [2.05, 4.69) is 6.92 Å². The second-order valence-corrected chi connectivity index (χ2v) is 6.67. The van der Waals surface area contributed by atoms with Gasteiger partial charge in [-0.2, -0.15) is 0 Å². The fourth-order valence-electron chi connectivity index (χ4n) is 3.41. The molecule has 3 rings (SSSR count). The summed E-state index contributed by atoms with van der Waals surface area (Å²) in [4.78, 5) is 13.1. The zero-order valence-electron chi connectivity index (χ0n) is 15.5. The topological polar surface area (TPSA) is 35.5 Å². The molecule has 1 aliphatic carbocycles. The second kappa shape index (κ2) is 8.05. The zero-order chi connectivity index (χ0) is 18.5. The summed E-state index contributed by atoms with van der Waals surface area (Å²) in [5.41, 5.74) is 3.52. The Bertz CT molecular complexity index is 792. The molecule has 2 aromatic rings. The monoisotopic (exact) mass is 348 g/mol. The normalized spacial score (nSPS) is 20.4. The Hall–Kier alpha value is -2.81. The van der Waals surface area contributed by atoms with Crippen molar-refractivity contribution in [3.63, 3.8) is 0 Å². The molecule has 0 spiro atoms. The van der Waals surface area contributed by atoms with Crippen LogP contribution in [0.25, 0.3) is 12.2 Å². The summed E-state index contributed by atoms with van der Waals surface area (Å²) in [5, 5.41) is 0. The zero-order valence-corrected chi connectivity index (χ0v) is 15.5. The molecule has 0 heterocycles. The van der Waals surface area contributed by atoms with Crippen molar-refractivity contribution < 1.29 is 14.3 Å². The maximum atomic E-state index is 13.1. The molecule has 0 bridgehead atoms. The van der Waals surface area contributed by atoms with Gasteiger partial charge in [0.05, 0.1) is 14.2 Å². The number of ether oxygens (including phenoxy) is 2. The minimum absolute atomic E-state index is 0.111. The van der Waals surface area contributed by atoms with E-state index in [0.717, 1.165) is 46.6 Å². The molecule has 3 nitrogen and oxygen atoms in total. The Morgan fingerprint density at radius 1 is 0.808 bits per heavy atom. The Balaban J connectivity index is 1.98. The number of carbonyl (C=O) groups excluding carboxylic acids is 1. The van der Waals surface area contributed by atoms with E-state index in [0.29, 0.717) is 5.92 Å². The van der Waals surface area contributed by atoms with E-state index in [9.17, 15) is 4.79 Å². The third-order valence-electron chi connectivity index (χ3n) is 4.66. The van der Waals surface area contributed by atoms with Gasteiger partial charge < -0.3 is 9.47 Å². The molecular formula is C23H24O3. The number of allylic oxidation sites excluding steroid dienone is 2. The number of methoxy groups -OCH3 is 2. The average Bonchev–Trinajstić information content (AvgIpc) is 2.66. The van der Waals surface area contributed by atoms with E-state index in [-0.39, 0.29) is 5.78 Å². The quantitative estimate of drug-likeness (QED) is 0.715. The first-order chi connectivity index (χ1) is 12.6. The number of para-hydroxylation sites is 2. The van der Waals surface area contributed by atoms with Crippen LogP contribution in [0.1, 0.15) is 30.9 Å². The van der Waals surface area contributed by atoms with Gasteiger partial charge in [-0.05, 0) is 43.0 Å². The SMILES string of the molecule is COc1ccccc1/C=C1/CC(C)C/C(=C/c2ccccc2OC)C1=O. The molecule has 0 unspecified atom stereocenters. The van der Waals surface area contributed by atoms with Crippen LogP contribution in [0.4, 0.5) is 0 Å². The average molecular weight is 348 g/mol. The summed E-state index contributed by atoms with van der Waals surface area (Å²) in [6.45, 7) is 2.18. The number of Topliss-reactive ketones (excluding diaryl/α,β-unsaturated/α-hetero) is 1. The van der Waals surface area contributed by atoms with Crippen LogP contribution in [0.5, 0.6) is 11.5 Å². The molecule has 1 saturated carbocycles. The lowest BCUT2D eigenvalue weighted by Gasteiger charge is -2.23. The molecule has 0 atom stereocenters. The number of carbonyl (C=O) groups is 1. The van der Waals surface area contributed by atoms with Crippen molar-refractivity contribution in [3.8, 4) is 11.5 Å². The Morgan fingerprint density at radius 3 is 1.65 bits per heavy atom. The standard InChI is InChI=1S/C23H24O3/c1-16-12-19(14-17-8-4-6-10-21(17)25-2)23(24)20(13-16)15-18-9-5-7-11-22(18)26-3/h4-11,14-16H,12-13H2,1-3H3/b19-14-,20-15-. The van der Waals surface area contributed by atoms with Gasteiger partial charge in [0.2, 0.25) is 0 Å². The van der Waals surface area contributed by atoms with Crippen LogP contribution in [0.15, 0.2) is 59.7 Å². The highest BCUT2D eigenvalue weighted by atomic mass is 16.5. The van der Waals surface area contributed by atoms with Crippen LogP contribution in [0.2, 0.25) is 0 Å². The van der Waals surface area contributed by atoms with Gasteiger partial charge in [0, 0.05) is 22.3 Å². The number of rotatable bonds is 4. The molecular weight excluding hydrogens is 324 g/mol. The van der Waals surface area contributed by atoms with Crippen LogP contribution in [0, 0.1) is 5.92 Å². The Morgan fingerprint density at radius 2 is 1.23 bits per heavy atom. The third-order valence-corrected chi connectivity index (χ3v) is 4.66. The van der Waals surface area contributed by atoms with Crippen LogP contribution in [0.3, 0.4) is 0 Å². The minimum atomic E-state index is 0.111. The van der Waals surface area contributed by atoms with Crippen LogP contribution in [-0.4, -0.2) is 20.0 Å². The Labute approximate surface area is 155 Å². The van der Waals surface area contributed by atoms with Gasteiger partial charge in [0.15, 0.2) is 5.78 Å². The summed E-state index contributed by atoms with van der Waals surface area (Å²) in [5.74, 6) is 2.08. The molecule has 0 saturated heterocycles. The summed E-state index contributed by atoms with van der Waals surface area (Å²) in [6.07, 6.45) is 5.49. The molecule has 0 radical (unpaired) electrons. The number of hydrogen-bond donors (Lipinski definition) is 0. The van der Waals surface area contributed by atoms with E-state index in [4.69, 9.17) is 9.47 Å². The molecule has 0 aromatic heterocycles. The van der Waals surface area contributed by atoms with Crippen molar-refractivity contribution in [2.45, 2.75) is 19.8 Å². The lowest BCUT2D eigenvalue weighted by molar-refractivity contribution is -0.113. The maximum absolute atomic E-state index is 13.1.